The number of carbonyl (C=O) groups excluding carboxylic acids is 1. The molecule has 1 aromatic rings. The van der Waals surface area contributed by atoms with Crippen molar-refractivity contribution in [3.8, 4) is 0 Å². The number of rotatable bonds is 5. The summed E-state index contributed by atoms with van der Waals surface area (Å²) >= 11 is 0. The number of likely N-dealkylation sites (tertiary alicyclic amines) is 1. The molecule has 6 nitrogen and oxygen atoms in total. The zero-order chi connectivity index (χ0) is 13.7. The fourth-order valence-electron chi connectivity index (χ4n) is 2.67. The van der Waals surface area contributed by atoms with E-state index < -0.39 is 0 Å². The predicted molar refractivity (Wildman–Crippen MR) is 86.7 cm³/mol. The van der Waals surface area contributed by atoms with Crippen LogP contribution in [-0.4, -0.2) is 44.7 Å². The Bertz CT molecular complexity index is 401. The fraction of sp³-hybridized carbons (Fsp3) is 0.769. The van der Waals surface area contributed by atoms with E-state index in [0.29, 0.717) is 5.92 Å². The summed E-state index contributed by atoms with van der Waals surface area (Å²) < 4.78 is 1.84. The van der Waals surface area contributed by atoms with Gasteiger partial charge < -0.3 is 10.6 Å². The van der Waals surface area contributed by atoms with E-state index in [0.717, 1.165) is 45.3 Å². The molecule has 2 atom stereocenters. The molecule has 0 radical (unpaired) electrons. The second-order valence-corrected chi connectivity index (χ2v) is 5.31. The first-order valence-electron chi connectivity index (χ1n) is 7.07. The minimum absolute atomic E-state index is 0. The van der Waals surface area contributed by atoms with Crippen molar-refractivity contribution in [3.63, 3.8) is 0 Å². The van der Waals surface area contributed by atoms with E-state index in [1.165, 1.54) is 0 Å². The Kier molecular flexibility index (Phi) is 9.57. The van der Waals surface area contributed by atoms with Gasteiger partial charge in [0.05, 0.1) is 6.04 Å². The standard InChI is InChI=1S/C13H23N5O.2ClH/c1-2-4-12(14)13(19)17-6-3-5-11(7-17)8-18-10-15-9-16-18;;/h9-12H,2-8,14H2,1H3;2*1H. The summed E-state index contributed by atoms with van der Waals surface area (Å²) in [7, 11) is 0. The zero-order valence-electron chi connectivity index (χ0n) is 12.4. The summed E-state index contributed by atoms with van der Waals surface area (Å²) in [5.41, 5.74) is 5.92. The van der Waals surface area contributed by atoms with Crippen LogP contribution in [-0.2, 0) is 11.3 Å². The van der Waals surface area contributed by atoms with Crippen LogP contribution in [0.1, 0.15) is 32.6 Å². The molecule has 0 saturated carbocycles. The van der Waals surface area contributed by atoms with Crippen molar-refractivity contribution in [2.45, 2.75) is 45.2 Å². The van der Waals surface area contributed by atoms with E-state index in [-0.39, 0.29) is 36.8 Å². The first kappa shape index (κ1) is 20.1. The lowest BCUT2D eigenvalue weighted by Crippen LogP contribution is -2.48. The normalized spacial score (nSPS) is 19.3. The third-order valence-electron chi connectivity index (χ3n) is 3.66. The smallest absolute Gasteiger partial charge is 0.239 e. The first-order valence-corrected chi connectivity index (χ1v) is 7.07. The lowest BCUT2D eigenvalue weighted by Gasteiger charge is -2.34. The van der Waals surface area contributed by atoms with E-state index in [1.54, 1.807) is 12.7 Å². The summed E-state index contributed by atoms with van der Waals surface area (Å²) in [6.45, 7) is 4.50. The van der Waals surface area contributed by atoms with Crippen LogP contribution in [0.5, 0.6) is 0 Å². The minimum Gasteiger partial charge on any atom is -0.341 e. The van der Waals surface area contributed by atoms with Gasteiger partial charge in [0.2, 0.25) is 5.91 Å². The Hall–Kier alpha value is -0.850. The highest BCUT2D eigenvalue weighted by Gasteiger charge is 2.26. The Labute approximate surface area is 138 Å². The Balaban J connectivity index is 0.00000200. The molecule has 0 aliphatic carbocycles. The van der Waals surface area contributed by atoms with Crippen LogP contribution >= 0.6 is 24.8 Å². The van der Waals surface area contributed by atoms with Crippen molar-refractivity contribution < 1.29 is 4.79 Å². The molecule has 1 aromatic heterocycles. The van der Waals surface area contributed by atoms with Gasteiger partial charge in [0, 0.05) is 19.6 Å². The summed E-state index contributed by atoms with van der Waals surface area (Å²) in [6, 6.07) is -0.338. The molecule has 0 aromatic carbocycles. The van der Waals surface area contributed by atoms with E-state index >= 15 is 0 Å². The van der Waals surface area contributed by atoms with Gasteiger partial charge in [0.15, 0.2) is 0 Å². The van der Waals surface area contributed by atoms with Gasteiger partial charge in [-0.25, -0.2) is 4.98 Å². The second kappa shape index (κ2) is 9.97. The van der Waals surface area contributed by atoms with E-state index in [9.17, 15) is 4.79 Å². The molecule has 0 spiro atoms. The third kappa shape index (κ3) is 5.80. The monoisotopic (exact) mass is 337 g/mol. The molecule has 2 heterocycles. The number of hydrogen-bond donors (Lipinski definition) is 1. The molecule has 2 N–H and O–H groups in total. The fourth-order valence-corrected chi connectivity index (χ4v) is 2.67. The molecular formula is C13H25Cl2N5O. The number of halogens is 2. The maximum atomic E-state index is 12.2. The highest BCUT2D eigenvalue weighted by Crippen LogP contribution is 2.19. The number of nitrogens with two attached hydrogens (primary N) is 1. The van der Waals surface area contributed by atoms with E-state index in [4.69, 9.17) is 5.73 Å². The van der Waals surface area contributed by atoms with Crippen LogP contribution in [0.15, 0.2) is 12.7 Å². The van der Waals surface area contributed by atoms with Crippen LogP contribution in [0.25, 0.3) is 0 Å². The van der Waals surface area contributed by atoms with Crippen molar-refractivity contribution in [1.29, 1.82) is 0 Å². The quantitative estimate of drug-likeness (QED) is 0.882. The summed E-state index contributed by atoms with van der Waals surface area (Å²) in [4.78, 5) is 18.1. The van der Waals surface area contributed by atoms with Gasteiger partial charge in [-0.3, -0.25) is 9.48 Å². The average Bonchev–Trinajstić information content (AvgIpc) is 2.91. The average molecular weight is 338 g/mol. The number of aromatic nitrogens is 3. The van der Waals surface area contributed by atoms with Gasteiger partial charge in [-0.2, -0.15) is 5.10 Å². The highest BCUT2D eigenvalue weighted by molar-refractivity contribution is 5.85. The van der Waals surface area contributed by atoms with Crippen molar-refractivity contribution in [3.05, 3.63) is 12.7 Å². The Morgan fingerprint density at radius 1 is 1.48 bits per heavy atom. The number of piperidine rings is 1. The molecule has 1 saturated heterocycles. The van der Waals surface area contributed by atoms with Gasteiger partial charge >= 0.3 is 0 Å². The molecule has 122 valence electrons. The molecule has 8 heteroatoms. The largest absolute Gasteiger partial charge is 0.341 e. The first-order chi connectivity index (χ1) is 9.20. The molecule has 21 heavy (non-hydrogen) atoms. The molecule has 0 bridgehead atoms. The van der Waals surface area contributed by atoms with Gasteiger partial charge in [-0.05, 0) is 25.2 Å². The lowest BCUT2D eigenvalue weighted by atomic mass is 9.97. The highest BCUT2D eigenvalue weighted by atomic mass is 35.5. The number of amides is 1. The van der Waals surface area contributed by atoms with Gasteiger partial charge in [-0.15, -0.1) is 24.8 Å². The van der Waals surface area contributed by atoms with Gasteiger partial charge in [0.25, 0.3) is 0 Å². The maximum absolute atomic E-state index is 12.2. The lowest BCUT2D eigenvalue weighted by molar-refractivity contribution is -0.134. The number of nitrogens with zero attached hydrogens (tertiary/aromatic N) is 4. The maximum Gasteiger partial charge on any atom is 0.239 e. The van der Waals surface area contributed by atoms with Crippen LogP contribution in [0.2, 0.25) is 0 Å². The van der Waals surface area contributed by atoms with Crippen molar-refractivity contribution in [1.82, 2.24) is 19.7 Å². The number of hydrogen-bond acceptors (Lipinski definition) is 4. The molecule has 1 amide bonds. The summed E-state index contributed by atoms with van der Waals surface area (Å²) in [5.74, 6) is 0.554. The van der Waals surface area contributed by atoms with Crippen molar-refractivity contribution in [2.24, 2.45) is 11.7 Å². The predicted octanol–water partition coefficient (Wildman–Crippen LogP) is 1.49. The molecule has 1 fully saturated rings. The molecular weight excluding hydrogens is 313 g/mol. The molecule has 1 aliphatic heterocycles. The number of carbonyl (C=O) groups is 1. The van der Waals surface area contributed by atoms with Crippen LogP contribution < -0.4 is 5.73 Å². The van der Waals surface area contributed by atoms with Crippen molar-refractivity contribution in [2.75, 3.05) is 13.1 Å². The Morgan fingerprint density at radius 2 is 2.24 bits per heavy atom. The van der Waals surface area contributed by atoms with E-state index in [2.05, 4.69) is 17.0 Å². The SMILES string of the molecule is CCCC(N)C(=O)N1CCCC(Cn2cncn2)C1.Cl.Cl. The second-order valence-electron chi connectivity index (χ2n) is 5.31. The van der Waals surface area contributed by atoms with Gasteiger partial charge in [-0.1, -0.05) is 13.3 Å². The van der Waals surface area contributed by atoms with Gasteiger partial charge in [0.1, 0.15) is 12.7 Å². The minimum atomic E-state index is -0.338. The summed E-state index contributed by atoms with van der Waals surface area (Å²) in [6.07, 6.45) is 7.16. The molecule has 2 unspecified atom stereocenters. The Morgan fingerprint density at radius 3 is 2.86 bits per heavy atom. The zero-order valence-corrected chi connectivity index (χ0v) is 14.0. The summed E-state index contributed by atoms with van der Waals surface area (Å²) in [5, 5.41) is 4.12. The topological polar surface area (TPSA) is 77.0 Å². The van der Waals surface area contributed by atoms with Crippen LogP contribution in [0.3, 0.4) is 0 Å². The molecule has 2 rings (SSSR count). The van der Waals surface area contributed by atoms with Crippen LogP contribution in [0, 0.1) is 5.92 Å². The van der Waals surface area contributed by atoms with Crippen LogP contribution in [0.4, 0.5) is 0 Å². The van der Waals surface area contributed by atoms with E-state index in [1.807, 2.05) is 9.58 Å². The van der Waals surface area contributed by atoms with Crippen molar-refractivity contribution >= 4 is 30.7 Å². The third-order valence-corrected chi connectivity index (χ3v) is 3.66. The molecule has 1 aliphatic rings.